The van der Waals surface area contributed by atoms with Crippen LogP contribution in [0.15, 0.2) is 5.16 Å². The Bertz CT molecular complexity index is 194. The van der Waals surface area contributed by atoms with Gasteiger partial charge in [-0.1, -0.05) is 18.5 Å². The fraction of sp³-hybridized carbons (Fsp3) is 0.900. The van der Waals surface area contributed by atoms with Crippen molar-refractivity contribution in [1.82, 2.24) is 5.32 Å². The van der Waals surface area contributed by atoms with Gasteiger partial charge in [0, 0.05) is 13.0 Å². The standard InChI is InChI=1S/C10H21N3O/c1-8-2-3-9(6-8)7-12-5-4-10(11)13-14/h8-9,12,14H,2-7H2,1H3,(H2,11,13). The van der Waals surface area contributed by atoms with Crippen LogP contribution >= 0.6 is 0 Å². The number of nitrogens with two attached hydrogens (primary N) is 1. The SMILES string of the molecule is CC1CCC(CNCCC(N)=NO)C1. The highest BCUT2D eigenvalue weighted by molar-refractivity contribution is 5.79. The topological polar surface area (TPSA) is 70.6 Å². The molecule has 1 saturated carbocycles. The number of oxime groups is 1. The zero-order valence-corrected chi connectivity index (χ0v) is 8.87. The van der Waals surface area contributed by atoms with E-state index in [1.807, 2.05) is 0 Å². The Balaban J connectivity index is 1.99. The molecule has 0 amide bonds. The summed E-state index contributed by atoms with van der Waals surface area (Å²) in [7, 11) is 0. The zero-order valence-electron chi connectivity index (χ0n) is 8.87. The van der Waals surface area contributed by atoms with Crippen LogP contribution in [-0.4, -0.2) is 24.1 Å². The minimum atomic E-state index is 0.303. The third-order valence-electron chi connectivity index (χ3n) is 2.92. The monoisotopic (exact) mass is 199 g/mol. The number of hydrogen-bond donors (Lipinski definition) is 3. The van der Waals surface area contributed by atoms with E-state index in [-0.39, 0.29) is 0 Å². The molecular formula is C10H21N3O. The molecule has 1 rings (SSSR count). The predicted octanol–water partition coefficient (Wildman–Crippen LogP) is 1.15. The lowest BCUT2D eigenvalue weighted by Gasteiger charge is -2.10. The second-order valence-electron chi connectivity index (χ2n) is 4.33. The van der Waals surface area contributed by atoms with E-state index in [9.17, 15) is 0 Å². The van der Waals surface area contributed by atoms with Crippen molar-refractivity contribution in [3.63, 3.8) is 0 Å². The fourth-order valence-corrected chi connectivity index (χ4v) is 2.08. The van der Waals surface area contributed by atoms with E-state index in [0.717, 1.165) is 24.9 Å². The predicted molar refractivity (Wildman–Crippen MR) is 57.4 cm³/mol. The van der Waals surface area contributed by atoms with Crippen molar-refractivity contribution in [1.29, 1.82) is 0 Å². The Morgan fingerprint density at radius 1 is 1.57 bits per heavy atom. The number of rotatable bonds is 5. The highest BCUT2D eigenvalue weighted by Crippen LogP contribution is 2.29. The third-order valence-corrected chi connectivity index (χ3v) is 2.92. The first-order valence-electron chi connectivity index (χ1n) is 5.39. The molecule has 1 aliphatic carbocycles. The van der Waals surface area contributed by atoms with Crippen LogP contribution in [0.25, 0.3) is 0 Å². The summed E-state index contributed by atoms with van der Waals surface area (Å²) in [5, 5.41) is 14.6. The van der Waals surface area contributed by atoms with Crippen LogP contribution in [0.4, 0.5) is 0 Å². The minimum absolute atomic E-state index is 0.303. The van der Waals surface area contributed by atoms with Gasteiger partial charge in [-0.05, 0) is 31.2 Å². The molecule has 1 fully saturated rings. The largest absolute Gasteiger partial charge is 0.409 e. The van der Waals surface area contributed by atoms with Crippen LogP contribution in [0, 0.1) is 11.8 Å². The lowest BCUT2D eigenvalue weighted by atomic mass is 10.1. The fourth-order valence-electron chi connectivity index (χ4n) is 2.08. The maximum Gasteiger partial charge on any atom is 0.140 e. The lowest BCUT2D eigenvalue weighted by Crippen LogP contribution is -2.26. The zero-order chi connectivity index (χ0) is 10.4. The lowest BCUT2D eigenvalue weighted by molar-refractivity contribution is 0.316. The quantitative estimate of drug-likeness (QED) is 0.204. The van der Waals surface area contributed by atoms with Crippen molar-refractivity contribution in [2.75, 3.05) is 13.1 Å². The first-order chi connectivity index (χ1) is 6.72. The molecule has 4 N–H and O–H groups in total. The molecule has 1 aliphatic rings. The van der Waals surface area contributed by atoms with Crippen molar-refractivity contribution >= 4 is 5.84 Å². The summed E-state index contributed by atoms with van der Waals surface area (Å²) in [5.74, 6) is 2.03. The van der Waals surface area contributed by atoms with Gasteiger partial charge in [-0.2, -0.15) is 0 Å². The van der Waals surface area contributed by atoms with Crippen LogP contribution in [0.5, 0.6) is 0 Å². The normalized spacial score (nSPS) is 28.2. The molecule has 0 aliphatic heterocycles. The molecule has 2 atom stereocenters. The average Bonchev–Trinajstić information content (AvgIpc) is 2.58. The van der Waals surface area contributed by atoms with Gasteiger partial charge in [0.1, 0.15) is 5.84 Å². The maximum atomic E-state index is 8.32. The van der Waals surface area contributed by atoms with E-state index in [1.165, 1.54) is 19.3 Å². The number of nitrogens with one attached hydrogen (secondary N) is 1. The van der Waals surface area contributed by atoms with Gasteiger partial charge >= 0.3 is 0 Å². The van der Waals surface area contributed by atoms with Gasteiger partial charge < -0.3 is 16.3 Å². The summed E-state index contributed by atoms with van der Waals surface area (Å²) in [6.07, 6.45) is 4.68. The second-order valence-corrected chi connectivity index (χ2v) is 4.33. The molecular weight excluding hydrogens is 178 g/mol. The van der Waals surface area contributed by atoms with Gasteiger partial charge in [0.2, 0.25) is 0 Å². The summed E-state index contributed by atoms with van der Waals surface area (Å²) in [6.45, 7) is 4.19. The summed E-state index contributed by atoms with van der Waals surface area (Å²) >= 11 is 0. The summed E-state index contributed by atoms with van der Waals surface area (Å²) in [4.78, 5) is 0. The van der Waals surface area contributed by atoms with E-state index in [4.69, 9.17) is 10.9 Å². The van der Waals surface area contributed by atoms with Crippen molar-refractivity contribution < 1.29 is 5.21 Å². The Morgan fingerprint density at radius 2 is 2.36 bits per heavy atom. The van der Waals surface area contributed by atoms with Crippen molar-refractivity contribution in [3.05, 3.63) is 0 Å². The average molecular weight is 199 g/mol. The molecule has 0 aromatic rings. The van der Waals surface area contributed by atoms with Gasteiger partial charge in [0.15, 0.2) is 0 Å². The van der Waals surface area contributed by atoms with Crippen molar-refractivity contribution in [2.45, 2.75) is 32.6 Å². The highest BCUT2D eigenvalue weighted by Gasteiger charge is 2.20. The van der Waals surface area contributed by atoms with E-state index >= 15 is 0 Å². The van der Waals surface area contributed by atoms with Crippen LogP contribution in [0.3, 0.4) is 0 Å². The van der Waals surface area contributed by atoms with Crippen molar-refractivity contribution in [3.8, 4) is 0 Å². The van der Waals surface area contributed by atoms with E-state index in [1.54, 1.807) is 0 Å². The second kappa shape index (κ2) is 5.86. The van der Waals surface area contributed by atoms with E-state index < -0.39 is 0 Å². The summed E-state index contributed by atoms with van der Waals surface area (Å²) < 4.78 is 0. The summed E-state index contributed by atoms with van der Waals surface area (Å²) in [5.41, 5.74) is 5.35. The van der Waals surface area contributed by atoms with E-state index in [0.29, 0.717) is 12.3 Å². The first kappa shape index (κ1) is 11.3. The Hall–Kier alpha value is -0.770. The Kier molecular flexibility index (Phi) is 4.73. The molecule has 14 heavy (non-hydrogen) atoms. The Morgan fingerprint density at radius 3 is 2.93 bits per heavy atom. The molecule has 0 aromatic carbocycles. The molecule has 4 heteroatoms. The van der Waals surface area contributed by atoms with Crippen LogP contribution in [0.1, 0.15) is 32.6 Å². The third kappa shape index (κ3) is 3.96. The number of hydrogen-bond acceptors (Lipinski definition) is 3. The van der Waals surface area contributed by atoms with Crippen LogP contribution < -0.4 is 11.1 Å². The molecule has 4 nitrogen and oxygen atoms in total. The highest BCUT2D eigenvalue weighted by atomic mass is 16.4. The minimum Gasteiger partial charge on any atom is -0.409 e. The molecule has 82 valence electrons. The molecule has 0 radical (unpaired) electrons. The maximum absolute atomic E-state index is 8.32. The molecule has 0 spiro atoms. The molecule has 0 bridgehead atoms. The summed E-state index contributed by atoms with van der Waals surface area (Å²) in [6, 6.07) is 0. The van der Waals surface area contributed by atoms with Gasteiger partial charge in [0.25, 0.3) is 0 Å². The molecule has 2 unspecified atom stereocenters. The smallest absolute Gasteiger partial charge is 0.140 e. The molecule has 0 saturated heterocycles. The van der Waals surface area contributed by atoms with Gasteiger partial charge in [-0.25, -0.2) is 0 Å². The van der Waals surface area contributed by atoms with Gasteiger partial charge in [-0.15, -0.1) is 0 Å². The molecule has 0 aromatic heterocycles. The number of nitrogens with zero attached hydrogens (tertiary/aromatic N) is 1. The molecule has 0 heterocycles. The van der Waals surface area contributed by atoms with Crippen LogP contribution in [0.2, 0.25) is 0 Å². The van der Waals surface area contributed by atoms with Crippen LogP contribution in [-0.2, 0) is 0 Å². The van der Waals surface area contributed by atoms with Gasteiger partial charge in [-0.3, -0.25) is 0 Å². The first-order valence-corrected chi connectivity index (χ1v) is 5.39. The van der Waals surface area contributed by atoms with Crippen molar-refractivity contribution in [2.24, 2.45) is 22.7 Å². The van der Waals surface area contributed by atoms with Gasteiger partial charge in [0.05, 0.1) is 0 Å². The number of amidine groups is 1. The Labute approximate surface area is 85.6 Å². The van der Waals surface area contributed by atoms with E-state index in [2.05, 4.69) is 17.4 Å².